The van der Waals surface area contributed by atoms with Crippen molar-refractivity contribution in [3.8, 4) is 0 Å². The fraction of sp³-hybridized carbons (Fsp3) is 0.364. The molecule has 0 saturated heterocycles. The van der Waals surface area contributed by atoms with E-state index in [-0.39, 0.29) is 24.3 Å². The Morgan fingerprint density at radius 3 is 2.20 bits per heavy atom. The summed E-state index contributed by atoms with van der Waals surface area (Å²) < 4.78 is 40.4. The molecule has 0 aliphatic carbocycles. The fourth-order valence-corrected chi connectivity index (χ4v) is 4.55. The molecule has 3 aromatic rings. The van der Waals surface area contributed by atoms with Crippen molar-refractivity contribution in [2.24, 2.45) is 0 Å². The molecule has 0 saturated carbocycles. The smallest absolute Gasteiger partial charge is 0.380 e. The number of nitrogens with one attached hydrogen (secondary N) is 5. The van der Waals surface area contributed by atoms with Crippen molar-refractivity contribution in [1.29, 1.82) is 0 Å². The molecule has 0 spiro atoms. The van der Waals surface area contributed by atoms with Gasteiger partial charge in [-0.25, -0.2) is 0 Å². The van der Waals surface area contributed by atoms with E-state index in [1.54, 1.807) is 45.0 Å². The maximum absolute atomic E-state index is 13.5. The number of benzene rings is 3. The van der Waals surface area contributed by atoms with Gasteiger partial charge in [0.15, 0.2) is 0 Å². The molecule has 0 aliphatic rings. The maximum atomic E-state index is 13.5. The molecule has 3 amide bonds. The van der Waals surface area contributed by atoms with Crippen LogP contribution in [0.5, 0.6) is 0 Å². The third-order valence-corrected chi connectivity index (χ3v) is 6.96. The molecule has 1 atom stereocenters. The van der Waals surface area contributed by atoms with Crippen molar-refractivity contribution in [3.05, 3.63) is 99.1 Å². The maximum Gasteiger partial charge on any atom is 0.416 e. The Morgan fingerprint density at radius 1 is 0.889 bits per heavy atom. The minimum absolute atomic E-state index is 0.0985. The van der Waals surface area contributed by atoms with Gasteiger partial charge >= 0.3 is 6.18 Å². The molecule has 0 radical (unpaired) electrons. The van der Waals surface area contributed by atoms with Crippen LogP contribution in [0.3, 0.4) is 0 Å². The van der Waals surface area contributed by atoms with Crippen molar-refractivity contribution in [2.75, 3.05) is 18.4 Å². The van der Waals surface area contributed by atoms with Gasteiger partial charge in [0.2, 0.25) is 11.8 Å². The summed E-state index contributed by atoms with van der Waals surface area (Å²) >= 11 is 5.92. The van der Waals surface area contributed by atoms with E-state index in [0.29, 0.717) is 11.6 Å². The normalized spacial score (nSPS) is 12.3. The summed E-state index contributed by atoms with van der Waals surface area (Å²) in [7, 11) is 0. The van der Waals surface area contributed by atoms with E-state index in [9.17, 15) is 27.6 Å². The number of alkyl halides is 3. The van der Waals surface area contributed by atoms with Gasteiger partial charge in [-0.05, 0) is 81.6 Å². The highest BCUT2D eigenvalue weighted by Crippen LogP contribution is 2.32. The van der Waals surface area contributed by atoms with Crippen LogP contribution in [0.4, 0.5) is 18.9 Å². The number of aryl methyl sites for hydroxylation is 2. The van der Waals surface area contributed by atoms with Crippen LogP contribution in [-0.4, -0.2) is 42.4 Å². The van der Waals surface area contributed by atoms with Gasteiger partial charge in [-0.15, -0.1) is 0 Å². The topological polar surface area (TPSA) is 111 Å². The quantitative estimate of drug-likeness (QED) is 0.179. The Kier molecular flexibility index (Phi) is 12.0. The van der Waals surface area contributed by atoms with Crippen LogP contribution in [-0.2, 0) is 28.9 Å². The van der Waals surface area contributed by atoms with Crippen LogP contribution in [0.1, 0.15) is 58.9 Å². The lowest BCUT2D eigenvalue weighted by molar-refractivity contribution is -0.137. The molecule has 5 N–H and O–H groups in total. The summed E-state index contributed by atoms with van der Waals surface area (Å²) in [6.45, 7) is 9.60. The average Bonchev–Trinajstić information content (AvgIpc) is 2.94. The van der Waals surface area contributed by atoms with E-state index in [2.05, 4.69) is 26.6 Å². The Balaban J connectivity index is 1.69. The first-order valence-corrected chi connectivity index (χ1v) is 14.8. The highest BCUT2D eigenvalue weighted by molar-refractivity contribution is 6.30. The molecule has 12 heteroatoms. The van der Waals surface area contributed by atoms with E-state index in [4.69, 9.17) is 11.6 Å². The SMILES string of the molecule is Cc1ccc(CNCC(NC(=O)CNC(=O)c2cc(C(F)(F)F)ccc2NCc2ccc(Cl)cc2)C(=O)NC(C)(C)C)c(C)c1. The second kappa shape index (κ2) is 15.3. The van der Waals surface area contributed by atoms with E-state index in [1.807, 2.05) is 32.0 Å². The predicted octanol–water partition coefficient (Wildman–Crippen LogP) is 5.51. The molecule has 8 nitrogen and oxygen atoms in total. The van der Waals surface area contributed by atoms with Gasteiger partial charge in [-0.1, -0.05) is 47.5 Å². The van der Waals surface area contributed by atoms with Crippen LogP contribution in [0, 0.1) is 13.8 Å². The number of anilines is 1. The van der Waals surface area contributed by atoms with Crippen molar-refractivity contribution < 1.29 is 27.6 Å². The third kappa shape index (κ3) is 11.4. The number of amides is 3. The molecule has 0 aromatic heterocycles. The summed E-state index contributed by atoms with van der Waals surface area (Å²) in [4.78, 5) is 39.0. The van der Waals surface area contributed by atoms with Crippen molar-refractivity contribution >= 4 is 35.0 Å². The molecular formula is C33H39ClF3N5O3. The molecule has 0 aliphatic heterocycles. The van der Waals surface area contributed by atoms with Crippen LogP contribution in [0.25, 0.3) is 0 Å². The van der Waals surface area contributed by atoms with Gasteiger partial charge < -0.3 is 26.6 Å². The standard InChI is InChI=1S/C33H39ClF3N5O3/c1-20-6-9-23(21(2)14-20)17-38-18-28(31(45)42-32(3,4)5)41-29(43)19-40-30(44)26-15-24(33(35,36)37)10-13-27(26)39-16-22-7-11-25(34)12-8-22/h6-15,28,38-39H,16-19H2,1-5H3,(H,40,44)(H,41,43)(H,42,45). The highest BCUT2D eigenvalue weighted by Gasteiger charge is 2.32. The predicted molar refractivity (Wildman–Crippen MR) is 170 cm³/mol. The molecule has 0 heterocycles. The second-order valence-corrected chi connectivity index (χ2v) is 12.3. The van der Waals surface area contributed by atoms with E-state index in [0.717, 1.165) is 34.4 Å². The van der Waals surface area contributed by atoms with Gasteiger partial charge in [-0.2, -0.15) is 13.2 Å². The minimum atomic E-state index is -4.68. The van der Waals surface area contributed by atoms with Crippen LogP contribution in [0.2, 0.25) is 5.02 Å². The van der Waals surface area contributed by atoms with Crippen LogP contribution >= 0.6 is 11.6 Å². The lowest BCUT2D eigenvalue weighted by Gasteiger charge is -2.26. The molecule has 1 unspecified atom stereocenters. The van der Waals surface area contributed by atoms with Crippen molar-refractivity contribution in [2.45, 2.75) is 65.5 Å². The fourth-order valence-electron chi connectivity index (χ4n) is 4.42. The Bertz CT molecular complexity index is 1500. The summed E-state index contributed by atoms with van der Waals surface area (Å²) in [5, 5.41) is 14.5. The second-order valence-electron chi connectivity index (χ2n) is 11.8. The average molecular weight is 646 g/mol. The summed E-state index contributed by atoms with van der Waals surface area (Å²) in [5.41, 5.74) is 2.32. The zero-order valence-electron chi connectivity index (χ0n) is 25.9. The molecule has 0 fully saturated rings. The first-order chi connectivity index (χ1) is 21.0. The van der Waals surface area contributed by atoms with Gasteiger partial charge in [0.1, 0.15) is 6.04 Å². The summed E-state index contributed by atoms with van der Waals surface area (Å²) in [6.07, 6.45) is -4.68. The first kappa shape index (κ1) is 35.4. The molecule has 45 heavy (non-hydrogen) atoms. The van der Waals surface area contributed by atoms with E-state index < -0.39 is 47.6 Å². The molecular weight excluding hydrogens is 607 g/mol. The van der Waals surface area contributed by atoms with Crippen molar-refractivity contribution in [1.82, 2.24) is 21.3 Å². The summed E-state index contributed by atoms with van der Waals surface area (Å²) in [5.74, 6) is -2.01. The highest BCUT2D eigenvalue weighted by atomic mass is 35.5. The lowest BCUT2D eigenvalue weighted by Crippen LogP contribution is -2.56. The van der Waals surface area contributed by atoms with Gasteiger partial charge in [0.25, 0.3) is 5.91 Å². The third-order valence-electron chi connectivity index (χ3n) is 6.71. The molecule has 3 rings (SSSR count). The molecule has 3 aromatic carbocycles. The van der Waals surface area contributed by atoms with Gasteiger partial charge in [0, 0.05) is 35.9 Å². The van der Waals surface area contributed by atoms with E-state index in [1.165, 1.54) is 6.07 Å². The zero-order valence-corrected chi connectivity index (χ0v) is 26.7. The number of carbonyl (C=O) groups excluding carboxylic acids is 3. The number of carbonyl (C=O) groups is 3. The van der Waals surface area contributed by atoms with Crippen LogP contribution < -0.4 is 26.6 Å². The van der Waals surface area contributed by atoms with Crippen LogP contribution in [0.15, 0.2) is 60.7 Å². The Labute approximate surface area is 266 Å². The monoisotopic (exact) mass is 645 g/mol. The number of hydrogen-bond donors (Lipinski definition) is 5. The minimum Gasteiger partial charge on any atom is -0.380 e. The van der Waals surface area contributed by atoms with Gasteiger partial charge in [-0.3, -0.25) is 14.4 Å². The Hall–Kier alpha value is -4.09. The van der Waals surface area contributed by atoms with Gasteiger partial charge in [0.05, 0.1) is 17.7 Å². The molecule has 0 bridgehead atoms. The number of hydrogen-bond acceptors (Lipinski definition) is 5. The van der Waals surface area contributed by atoms with E-state index >= 15 is 0 Å². The molecule has 242 valence electrons. The number of rotatable bonds is 12. The lowest BCUT2D eigenvalue weighted by atomic mass is 10.1. The first-order valence-electron chi connectivity index (χ1n) is 14.4. The summed E-state index contributed by atoms with van der Waals surface area (Å²) in [6, 6.07) is 14.6. The number of halogens is 4. The largest absolute Gasteiger partial charge is 0.416 e. The zero-order chi connectivity index (χ0) is 33.4. The van der Waals surface area contributed by atoms with Crippen molar-refractivity contribution in [3.63, 3.8) is 0 Å². The Morgan fingerprint density at radius 2 is 1.58 bits per heavy atom.